The molecule has 0 amide bonds. The maximum Gasteiger partial charge on any atom is 0.191 e. The maximum atomic E-state index is 5.09. The average Bonchev–Trinajstić information content (AvgIpc) is 2.81. The molecule has 0 N–H and O–H groups in total. The first kappa shape index (κ1) is 16.8. The first-order chi connectivity index (χ1) is 10.1. The predicted molar refractivity (Wildman–Crippen MR) is 86.9 cm³/mol. The third-order valence-electron chi connectivity index (χ3n) is 3.96. The van der Waals surface area contributed by atoms with Crippen molar-refractivity contribution in [1.82, 2.24) is 19.7 Å². The van der Waals surface area contributed by atoms with Gasteiger partial charge in [0.2, 0.25) is 0 Å². The molecule has 21 heavy (non-hydrogen) atoms. The average molecular weight is 312 g/mol. The monoisotopic (exact) mass is 312 g/mol. The van der Waals surface area contributed by atoms with E-state index in [-0.39, 0.29) is 0 Å². The van der Waals surface area contributed by atoms with Crippen molar-refractivity contribution in [1.29, 1.82) is 0 Å². The number of piperidine rings is 1. The molecule has 120 valence electrons. The molecule has 0 saturated carbocycles. The van der Waals surface area contributed by atoms with E-state index in [2.05, 4.69) is 40.6 Å². The summed E-state index contributed by atoms with van der Waals surface area (Å²) in [6, 6.07) is 0. The minimum Gasteiger partial charge on any atom is -0.384 e. The SMILES string of the molecule is COCCSc1nnc(C2CCN(CC(C)C)CC2)n1C. The highest BCUT2D eigenvalue weighted by molar-refractivity contribution is 7.99. The van der Waals surface area contributed by atoms with Crippen molar-refractivity contribution in [3.8, 4) is 0 Å². The second-order valence-electron chi connectivity index (χ2n) is 6.21. The number of methoxy groups -OCH3 is 1. The maximum absolute atomic E-state index is 5.09. The highest BCUT2D eigenvalue weighted by atomic mass is 32.2. The lowest BCUT2D eigenvalue weighted by molar-refractivity contribution is 0.188. The van der Waals surface area contributed by atoms with Gasteiger partial charge in [0.25, 0.3) is 0 Å². The van der Waals surface area contributed by atoms with Crippen molar-refractivity contribution in [3.63, 3.8) is 0 Å². The Morgan fingerprint density at radius 3 is 2.62 bits per heavy atom. The van der Waals surface area contributed by atoms with Crippen LogP contribution >= 0.6 is 11.8 Å². The van der Waals surface area contributed by atoms with Crippen LogP contribution in [0.2, 0.25) is 0 Å². The molecule has 0 unspecified atom stereocenters. The van der Waals surface area contributed by atoms with Gasteiger partial charge < -0.3 is 14.2 Å². The van der Waals surface area contributed by atoms with Crippen LogP contribution in [-0.4, -0.2) is 58.8 Å². The molecule has 6 heteroatoms. The first-order valence-electron chi connectivity index (χ1n) is 7.85. The van der Waals surface area contributed by atoms with Gasteiger partial charge in [-0.3, -0.25) is 0 Å². The minimum atomic E-state index is 0.558. The normalized spacial score (nSPS) is 17.8. The van der Waals surface area contributed by atoms with Gasteiger partial charge in [0.1, 0.15) is 5.82 Å². The van der Waals surface area contributed by atoms with Crippen LogP contribution in [0.1, 0.15) is 38.4 Å². The van der Waals surface area contributed by atoms with Gasteiger partial charge in [-0.05, 0) is 31.8 Å². The molecule has 0 aliphatic carbocycles. The Kier molecular flexibility index (Phi) is 6.51. The second kappa shape index (κ2) is 8.15. The summed E-state index contributed by atoms with van der Waals surface area (Å²) in [5.74, 6) is 3.39. The van der Waals surface area contributed by atoms with Crippen LogP contribution in [-0.2, 0) is 11.8 Å². The zero-order valence-corrected chi connectivity index (χ0v) is 14.5. The van der Waals surface area contributed by atoms with Gasteiger partial charge in [0.05, 0.1) is 6.61 Å². The van der Waals surface area contributed by atoms with Gasteiger partial charge >= 0.3 is 0 Å². The van der Waals surface area contributed by atoms with E-state index in [1.165, 1.54) is 32.5 Å². The fourth-order valence-corrected chi connectivity index (χ4v) is 3.73. The van der Waals surface area contributed by atoms with Gasteiger partial charge in [-0.1, -0.05) is 25.6 Å². The number of aromatic nitrogens is 3. The molecule has 1 aliphatic heterocycles. The van der Waals surface area contributed by atoms with Crippen LogP contribution in [0.25, 0.3) is 0 Å². The van der Waals surface area contributed by atoms with E-state index in [1.54, 1.807) is 18.9 Å². The van der Waals surface area contributed by atoms with Crippen LogP contribution < -0.4 is 0 Å². The van der Waals surface area contributed by atoms with Crippen molar-refractivity contribution in [2.45, 2.75) is 37.8 Å². The van der Waals surface area contributed by atoms with Crippen LogP contribution in [0.4, 0.5) is 0 Å². The van der Waals surface area contributed by atoms with E-state index in [0.29, 0.717) is 5.92 Å². The number of nitrogens with zero attached hydrogens (tertiary/aromatic N) is 4. The number of hydrogen-bond donors (Lipinski definition) is 0. The lowest BCUT2D eigenvalue weighted by atomic mass is 9.95. The zero-order valence-electron chi connectivity index (χ0n) is 13.7. The molecule has 0 spiro atoms. The molecular formula is C15H28N4OS. The van der Waals surface area contributed by atoms with Crippen molar-refractivity contribution >= 4 is 11.8 Å². The summed E-state index contributed by atoms with van der Waals surface area (Å²) in [5.41, 5.74) is 0. The summed E-state index contributed by atoms with van der Waals surface area (Å²) < 4.78 is 7.26. The molecule has 1 aliphatic rings. The van der Waals surface area contributed by atoms with Crippen molar-refractivity contribution in [3.05, 3.63) is 5.82 Å². The Morgan fingerprint density at radius 2 is 2.00 bits per heavy atom. The van der Waals surface area contributed by atoms with E-state index in [0.717, 1.165) is 29.3 Å². The van der Waals surface area contributed by atoms with Crippen LogP contribution in [0.5, 0.6) is 0 Å². The summed E-state index contributed by atoms with van der Waals surface area (Å²) in [5, 5.41) is 9.78. The number of rotatable bonds is 7. The van der Waals surface area contributed by atoms with Gasteiger partial charge in [-0.2, -0.15) is 0 Å². The summed E-state index contributed by atoms with van der Waals surface area (Å²) in [7, 11) is 3.82. The molecule has 0 aromatic carbocycles. The smallest absolute Gasteiger partial charge is 0.191 e. The quantitative estimate of drug-likeness (QED) is 0.571. The summed E-state index contributed by atoms with van der Waals surface area (Å²) in [6.45, 7) is 8.91. The number of ether oxygens (including phenoxy) is 1. The van der Waals surface area contributed by atoms with E-state index < -0.39 is 0 Å². The van der Waals surface area contributed by atoms with Gasteiger partial charge in [-0.25, -0.2) is 0 Å². The molecular weight excluding hydrogens is 284 g/mol. The second-order valence-corrected chi connectivity index (χ2v) is 7.27. The Labute approximate surface area is 132 Å². The lowest BCUT2D eigenvalue weighted by Gasteiger charge is -2.32. The molecule has 0 radical (unpaired) electrons. The van der Waals surface area contributed by atoms with Gasteiger partial charge in [0, 0.05) is 32.4 Å². The van der Waals surface area contributed by atoms with Crippen molar-refractivity contribution < 1.29 is 4.74 Å². The zero-order chi connectivity index (χ0) is 15.2. The van der Waals surface area contributed by atoms with Crippen molar-refractivity contribution in [2.24, 2.45) is 13.0 Å². The summed E-state index contributed by atoms with van der Waals surface area (Å²) in [6.07, 6.45) is 2.39. The Balaban J connectivity index is 1.88. The molecule has 0 atom stereocenters. The predicted octanol–water partition coefficient (Wildman–Crippen LogP) is 2.39. The largest absolute Gasteiger partial charge is 0.384 e. The first-order valence-corrected chi connectivity index (χ1v) is 8.83. The molecule has 1 aromatic heterocycles. The minimum absolute atomic E-state index is 0.558. The highest BCUT2D eigenvalue weighted by Gasteiger charge is 2.25. The highest BCUT2D eigenvalue weighted by Crippen LogP contribution is 2.28. The standard InChI is InChI=1S/C15H28N4OS/c1-12(2)11-19-7-5-13(6-8-19)14-16-17-15(18(14)3)21-10-9-20-4/h12-13H,5-11H2,1-4H3. The molecule has 5 nitrogen and oxygen atoms in total. The fourth-order valence-electron chi connectivity index (χ4n) is 2.91. The number of thioether (sulfide) groups is 1. The molecule has 1 fully saturated rings. The lowest BCUT2D eigenvalue weighted by Crippen LogP contribution is -2.36. The van der Waals surface area contributed by atoms with Crippen molar-refractivity contribution in [2.75, 3.05) is 39.1 Å². The Hall–Kier alpha value is -0.590. The van der Waals surface area contributed by atoms with E-state index in [4.69, 9.17) is 4.74 Å². The Bertz CT molecular complexity index is 427. The third kappa shape index (κ3) is 4.69. The summed E-state index contributed by atoms with van der Waals surface area (Å²) >= 11 is 1.72. The van der Waals surface area contributed by atoms with E-state index in [1.807, 2.05) is 0 Å². The van der Waals surface area contributed by atoms with Crippen LogP contribution in [0.3, 0.4) is 0 Å². The Morgan fingerprint density at radius 1 is 1.29 bits per heavy atom. The third-order valence-corrected chi connectivity index (χ3v) is 4.95. The summed E-state index contributed by atoms with van der Waals surface area (Å²) in [4.78, 5) is 2.58. The number of likely N-dealkylation sites (tertiary alicyclic amines) is 1. The van der Waals surface area contributed by atoms with Crippen LogP contribution in [0, 0.1) is 5.92 Å². The van der Waals surface area contributed by atoms with E-state index in [9.17, 15) is 0 Å². The van der Waals surface area contributed by atoms with Crippen LogP contribution in [0.15, 0.2) is 5.16 Å². The van der Waals surface area contributed by atoms with Gasteiger partial charge in [-0.15, -0.1) is 10.2 Å². The molecule has 1 saturated heterocycles. The molecule has 0 bridgehead atoms. The topological polar surface area (TPSA) is 43.2 Å². The fraction of sp³-hybridized carbons (Fsp3) is 0.867. The van der Waals surface area contributed by atoms with E-state index >= 15 is 0 Å². The number of hydrogen-bond acceptors (Lipinski definition) is 5. The van der Waals surface area contributed by atoms with Gasteiger partial charge in [0.15, 0.2) is 5.16 Å². The molecule has 2 rings (SSSR count). The molecule has 1 aromatic rings. The molecule has 2 heterocycles.